The summed E-state index contributed by atoms with van der Waals surface area (Å²) in [6.45, 7) is 5.41. The minimum Gasteiger partial charge on any atom is -0.289 e. The molecule has 0 amide bonds. The normalized spacial score (nSPS) is 12.0. The molecule has 0 fully saturated rings. The Balaban J connectivity index is 1.81. The third-order valence-electron chi connectivity index (χ3n) is 4.94. The van der Waals surface area contributed by atoms with E-state index in [1.807, 2.05) is 49.4 Å². The van der Waals surface area contributed by atoms with Crippen molar-refractivity contribution in [3.63, 3.8) is 0 Å². The standard InChI is InChI=1S/C24H24O3S/c1-18-9-15-22(16-10-18)28(26,27)24(2,3)17-19-11-13-21(14-12-19)23(25)20-7-5-4-6-8-20/h4-16H,17H2,1-3H3. The molecule has 3 rings (SSSR count). The number of carbonyl (C=O) groups is 1. The molecule has 3 aromatic carbocycles. The molecule has 28 heavy (non-hydrogen) atoms. The predicted octanol–water partition coefficient (Wildman–Crippen LogP) is 5.02. The van der Waals surface area contributed by atoms with E-state index in [-0.39, 0.29) is 5.78 Å². The van der Waals surface area contributed by atoms with Crippen molar-refractivity contribution in [2.24, 2.45) is 0 Å². The zero-order valence-electron chi connectivity index (χ0n) is 16.3. The molecule has 0 N–H and O–H groups in total. The Morgan fingerprint density at radius 3 is 1.89 bits per heavy atom. The van der Waals surface area contributed by atoms with Crippen LogP contribution in [0.4, 0.5) is 0 Å². The first kappa shape index (κ1) is 20.0. The number of rotatable bonds is 6. The van der Waals surface area contributed by atoms with E-state index in [2.05, 4.69) is 0 Å². The Hall–Kier alpha value is -2.72. The highest BCUT2D eigenvalue weighted by Gasteiger charge is 2.35. The van der Waals surface area contributed by atoms with Crippen LogP contribution in [0.2, 0.25) is 0 Å². The molecular weight excluding hydrogens is 368 g/mol. The lowest BCUT2D eigenvalue weighted by Crippen LogP contribution is -2.34. The minimum absolute atomic E-state index is 0.0429. The van der Waals surface area contributed by atoms with Gasteiger partial charge in [0.2, 0.25) is 0 Å². The van der Waals surface area contributed by atoms with Crippen LogP contribution in [0.5, 0.6) is 0 Å². The maximum atomic E-state index is 13.1. The molecule has 0 aliphatic heterocycles. The molecule has 144 valence electrons. The van der Waals surface area contributed by atoms with E-state index >= 15 is 0 Å². The van der Waals surface area contributed by atoms with E-state index < -0.39 is 14.6 Å². The molecule has 0 saturated heterocycles. The van der Waals surface area contributed by atoms with Crippen molar-refractivity contribution >= 4 is 15.6 Å². The van der Waals surface area contributed by atoms with Gasteiger partial charge in [0.25, 0.3) is 0 Å². The Bertz CT molecular complexity index is 1060. The summed E-state index contributed by atoms with van der Waals surface area (Å²) < 4.78 is 25.2. The first-order valence-electron chi connectivity index (χ1n) is 9.21. The maximum Gasteiger partial charge on any atom is 0.193 e. The van der Waals surface area contributed by atoms with Gasteiger partial charge in [-0.25, -0.2) is 8.42 Å². The molecule has 0 aromatic heterocycles. The summed E-state index contributed by atoms with van der Waals surface area (Å²) in [4.78, 5) is 12.9. The summed E-state index contributed by atoms with van der Waals surface area (Å²) in [5.41, 5.74) is 3.13. The largest absolute Gasteiger partial charge is 0.289 e. The summed E-state index contributed by atoms with van der Waals surface area (Å²) in [5, 5.41) is 0. The fraction of sp³-hybridized carbons (Fsp3) is 0.208. The minimum atomic E-state index is -3.49. The van der Waals surface area contributed by atoms with Crippen molar-refractivity contribution in [2.45, 2.75) is 36.8 Å². The SMILES string of the molecule is Cc1ccc(S(=O)(=O)C(C)(C)Cc2ccc(C(=O)c3ccccc3)cc2)cc1. The van der Waals surface area contributed by atoms with Crippen molar-refractivity contribution in [2.75, 3.05) is 0 Å². The summed E-state index contributed by atoms with van der Waals surface area (Å²) in [5.74, 6) is -0.0429. The van der Waals surface area contributed by atoms with Crippen LogP contribution in [0.3, 0.4) is 0 Å². The van der Waals surface area contributed by atoms with Gasteiger partial charge in [-0.2, -0.15) is 0 Å². The van der Waals surface area contributed by atoms with Crippen LogP contribution in [0.1, 0.15) is 40.9 Å². The van der Waals surface area contributed by atoms with Crippen LogP contribution in [-0.4, -0.2) is 18.9 Å². The Morgan fingerprint density at radius 2 is 1.32 bits per heavy atom. The zero-order chi connectivity index (χ0) is 20.4. The lowest BCUT2D eigenvalue weighted by Gasteiger charge is -2.25. The number of ketones is 1. The molecule has 0 spiro atoms. The van der Waals surface area contributed by atoms with Crippen molar-refractivity contribution in [1.29, 1.82) is 0 Å². The Morgan fingerprint density at radius 1 is 0.786 bits per heavy atom. The van der Waals surface area contributed by atoms with Crippen LogP contribution in [0.25, 0.3) is 0 Å². The first-order chi connectivity index (χ1) is 13.2. The highest BCUT2D eigenvalue weighted by Crippen LogP contribution is 2.29. The molecule has 4 heteroatoms. The van der Waals surface area contributed by atoms with Crippen molar-refractivity contribution in [3.8, 4) is 0 Å². The number of hydrogen-bond donors (Lipinski definition) is 0. The van der Waals surface area contributed by atoms with Crippen LogP contribution in [0, 0.1) is 6.92 Å². The molecule has 0 bridgehead atoms. The second kappa shape index (κ2) is 7.72. The molecular formula is C24H24O3S. The maximum absolute atomic E-state index is 13.1. The van der Waals surface area contributed by atoms with Gasteiger partial charge in [-0.3, -0.25) is 4.79 Å². The van der Waals surface area contributed by atoms with Gasteiger partial charge >= 0.3 is 0 Å². The monoisotopic (exact) mass is 392 g/mol. The van der Waals surface area contributed by atoms with E-state index in [0.717, 1.165) is 11.1 Å². The molecule has 0 unspecified atom stereocenters. The summed E-state index contributed by atoms with van der Waals surface area (Å²) in [6.07, 6.45) is 0.364. The van der Waals surface area contributed by atoms with Gasteiger partial charge in [-0.05, 0) is 44.9 Å². The van der Waals surface area contributed by atoms with E-state index in [9.17, 15) is 13.2 Å². The van der Waals surface area contributed by atoms with Gasteiger partial charge in [0.05, 0.1) is 9.64 Å². The summed E-state index contributed by atoms with van der Waals surface area (Å²) >= 11 is 0. The number of sulfone groups is 1. The summed E-state index contributed by atoms with van der Waals surface area (Å²) in [7, 11) is -3.49. The van der Waals surface area contributed by atoms with Gasteiger partial charge in [-0.15, -0.1) is 0 Å². The highest BCUT2D eigenvalue weighted by molar-refractivity contribution is 7.92. The molecule has 0 radical (unpaired) electrons. The summed E-state index contributed by atoms with van der Waals surface area (Å²) in [6, 6.07) is 23.3. The van der Waals surface area contributed by atoms with E-state index in [0.29, 0.717) is 22.4 Å². The molecule has 3 aromatic rings. The van der Waals surface area contributed by atoms with Gasteiger partial charge in [0.1, 0.15) is 0 Å². The third-order valence-corrected chi connectivity index (χ3v) is 7.43. The first-order valence-corrected chi connectivity index (χ1v) is 10.7. The van der Waals surface area contributed by atoms with Gasteiger partial charge < -0.3 is 0 Å². The lowest BCUT2D eigenvalue weighted by molar-refractivity contribution is 0.103. The van der Waals surface area contributed by atoms with Crippen molar-refractivity contribution in [3.05, 3.63) is 101 Å². The molecule has 0 atom stereocenters. The van der Waals surface area contributed by atoms with Crippen LogP contribution in [0.15, 0.2) is 83.8 Å². The third kappa shape index (κ3) is 4.07. The average molecular weight is 393 g/mol. The molecule has 0 aliphatic rings. The van der Waals surface area contributed by atoms with E-state index in [4.69, 9.17) is 0 Å². The predicted molar refractivity (Wildman–Crippen MR) is 112 cm³/mol. The Kier molecular flexibility index (Phi) is 5.52. The van der Waals surface area contributed by atoms with Crippen LogP contribution in [-0.2, 0) is 16.3 Å². The van der Waals surface area contributed by atoms with Crippen LogP contribution >= 0.6 is 0 Å². The van der Waals surface area contributed by atoms with E-state index in [1.54, 1.807) is 50.2 Å². The number of benzene rings is 3. The van der Waals surface area contributed by atoms with E-state index in [1.165, 1.54) is 0 Å². The second-order valence-electron chi connectivity index (χ2n) is 7.65. The zero-order valence-corrected chi connectivity index (χ0v) is 17.2. The second-order valence-corrected chi connectivity index (χ2v) is 10.2. The molecule has 0 aliphatic carbocycles. The highest BCUT2D eigenvalue weighted by atomic mass is 32.2. The lowest BCUT2D eigenvalue weighted by atomic mass is 9.98. The van der Waals surface area contributed by atoms with Crippen molar-refractivity contribution < 1.29 is 13.2 Å². The van der Waals surface area contributed by atoms with Gasteiger partial charge in [0, 0.05) is 11.1 Å². The number of carbonyl (C=O) groups excluding carboxylic acids is 1. The van der Waals surface area contributed by atoms with Crippen molar-refractivity contribution in [1.82, 2.24) is 0 Å². The fourth-order valence-corrected chi connectivity index (χ4v) is 4.64. The average Bonchev–Trinajstić information content (AvgIpc) is 2.68. The number of hydrogen-bond acceptors (Lipinski definition) is 3. The Labute approximate surface area is 167 Å². The molecule has 0 saturated carbocycles. The van der Waals surface area contributed by atoms with Crippen LogP contribution < -0.4 is 0 Å². The number of aryl methyl sites for hydroxylation is 1. The smallest absolute Gasteiger partial charge is 0.193 e. The molecule has 0 heterocycles. The quantitative estimate of drug-likeness (QED) is 0.554. The topological polar surface area (TPSA) is 51.2 Å². The molecule has 3 nitrogen and oxygen atoms in total. The fourth-order valence-electron chi connectivity index (χ4n) is 3.15. The van der Waals surface area contributed by atoms with Gasteiger partial charge in [-0.1, -0.05) is 72.3 Å². The van der Waals surface area contributed by atoms with Gasteiger partial charge in [0.15, 0.2) is 15.6 Å².